The lowest BCUT2D eigenvalue weighted by atomic mass is 10.2. The molecule has 0 aromatic carbocycles. The number of carbonyl (C=O) groups excluding carboxylic acids is 2. The van der Waals surface area contributed by atoms with E-state index in [0.717, 1.165) is 0 Å². The fourth-order valence-electron chi connectivity index (χ4n) is 1.08. The predicted octanol–water partition coefficient (Wildman–Crippen LogP) is 3.84. The standard InChI is InChI=1S/C14H27O10P/c1-10(2)7-20-25(17,21-8-18-13(15)23-11(3)4)22-9-19-14(16)24-12(5)6/h10-12H,7-9H2,1-6H3. The minimum atomic E-state index is -4.12. The second-order valence-corrected chi connectivity index (χ2v) is 7.42. The molecule has 0 bridgehead atoms. The van der Waals surface area contributed by atoms with E-state index in [1.54, 1.807) is 27.7 Å². The Bertz CT molecular complexity index is 417. The molecule has 0 aliphatic carbocycles. The van der Waals surface area contributed by atoms with Gasteiger partial charge in [-0.15, -0.1) is 0 Å². The molecule has 0 aliphatic heterocycles. The molecule has 0 N–H and O–H groups in total. The zero-order chi connectivity index (χ0) is 19.5. The lowest BCUT2D eigenvalue weighted by molar-refractivity contribution is -0.0464. The smallest absolute Gasteiger partial charge is 0.432 e. The van der Waals surface area contributed by atoms with Gasteiger partial charge < -0.3 is 18.9 Å². The van der Waals surface area contributed by atoms with Crippen molar-refractivity contribution < 1.29 is 46.7 Å². The van der Waals surface area contributed by atoms with Gasteiger partial charge in [-0.2, -0.15) is 0 Å². The zero-order valence-corrected chi connectivity index (χ0v) is 16.3. The minimum absolute atomic E-state index is 0.0270. The van der Waals surface area contributed by atoms with Gasteiger partial charge >= 0.3 is 20.1 Å². The number of phosphoric ester groups is 1. The third-order valence-electron chi connectivity index (χ3n) is 2.01. The summed E-state index contributed by atoms with van der Waals surface area (Å²) in [4.78, 5) is 22.5. The Balaban J connectivity index is 4.44. The molecular weight excluding hydrogens is 359 g/mol. The number of hydrogen-bond acceptors (Lipinski definition) is 10. The van der Waals surface area contributed by atoms with Crippen molar-refractivity contribution in [2.24, 2.45) is 5.92 Å². The van der Waals surface area contributed by atoms with Crippen LogP contribution >= 0.6 is 7.82 Å². The molecule has 0 radical (unpaired) electrons. The first-order chi connectivity index (χ1) is 11.5. The molecule has 0 saturated carbocycles. The molecule has 0 saturated heterocycles. The van der Waals surface area contributed by atoms with Crippen LogP contribution in [-0.4, -0.2) is 44.7 Å². The van der Waals surface area contributed by atoms with E-state index >= 15 is 0 Å². The number of hydrogen-bond donors (Lipinski definition) is 0. The van der Waals surface area contributed by atoms with Crippen molar-refractivity contribution in [3.8, 4) is 0 Å². The second kappa shape index (κ2) is 12.1. The van der Waals surface area contributed by atoms with Crippen molar-refractivity contribution in [2.45, 2.75) is 53.8 Å². The summed E-state index contributed by atoms with van der Waals surface area (Å²) in [5.41, 5.74) is 0. The molecule has 0 heterocycles. The molecule has 0 spiro atoms. The van der Waals surface area contributed by atoms with E-state index in [-0.39, 0.29) is 24.7 Å². The Morgan fingerprint density at radius 2 is 1.16 bits per heavy atom. The Morgan fingerprint density at radius 1 is 0.760 bits per heavy atom. The summed E-state index contributed by atoms with van der Waals surface area (Å²) in [5.74, 6) is 0.0270. The monoisotopic (exact) mass is 386 g/mol. The maximum Gasteiger partial charge on any atom is 0.510 e. The highest BCUT2D eigenvalue weighted by molar-refractivity contribution is 7.48. The summed E-state index contributed by atoms with van der Waals surface area (Å²) < 4.78 is 45.8. The Kier molecular flexibility index (Phi) is 11.4. The number of rotatable bonds is 11. The van der Waals surface area contributed by atoms with Crippen molar-refractivity contribution >= 4 is 20.1 Å². The van der Waals surface area contributed by atoms with Crippen LogP contribution in [0.3, 0.4) is 0 Å². The maximum absolute atomic E-state index is 12.4. The SMILES string of the molecule is CC(C)COP(=O)(OCOC(=O)OC(C)C)OCOC(=O)OC(C)C. The molecule has 11 heteroatoms. The minimum Gasteiger partial charge on any atom is -0.432 e. The summed E-state index contributed by atoms with van der Waals surface area (Å²) in [5, 5.41) is 0. The molecule has 0 aromatic heterocycles. The fourth-order valence-corrected chi connectivity index (χ4v) is 2.15. The van der Waals surface area contributed by atoms with Crippen LogP contribution in [0.25, 0.3) is 0 Å². The summed E-state index contributed by atoms with van der Waals surface area (Å²) in [6.07, 6.45) is -2.76. The molecular formula is C14H27O10P. The molecule has 0 atom stereocenters. The highest BCUT2D eigenvalue weighted by Gasteiger charge is 2.29. The molecule has 0 fully saturated rings. The van der Waals surface area contributed by atoms with Gasteiger partial charge in [-0.25, -0.2) is 23.2 Å². The topological polar surface area (TPSA) is 116 Å². The van der Waals surface area contributed by atoms with Crippen LogP contribution in [0, 0.1) is 5.92 Å². The lowest BCUT2D eigenvalue weighted by Gasteiger charge is -2.19. The number of carbonyl (C=O) groups is 2. The van der Waals surface area contributed by atoms with Crippen LogP contribution in [0.1, 0.15) is 41.5 Å². The van der Waals surface area contributed by atoms with Gasteiger partial charge in [0.15, 0.2) is 0 Å². The highest BCUT2D eigenvalue weighted by atomic mass is 31.2. The highest BCUT2D eigenvalue weighted by Crippen LogP contribution is 2.49. The van der Waals surface area contributed by atoms with Crippen molar-refractivity contribution in [3.05, 3.63) is 0 Å². The molecule has 25 heavy (non-hydrogen) atoms. The molecule has 0 unspecified atom stereocenters. The van der Waals surface area contributed by atoms with Crippen LogP contribution in [0.2, 0.25) is 0 Å². The average molecular weight is 386 g/mol. The first-order valence-electron chi connectivity index (χ1n) is 7.74. The number of phosphoric acid groups is 1. The van der Waals surface area contributed by atoms with Crippen molar-refractivity contribution in [1.82, 2.24) is 0 Å². The van der Waals surface area contributed by atoms with E-state index in [4.69, 9.17) is 23.0 Å². The largest absolute Gasteiger partial charge is 0.510 e. The van der Waals surface area contributed by atoms with E-state index in [2.05, 4.69) is 9.47 Å². The van der Waals surface area contributed by atoms with Crippen LogP contribution < -0.4 is 0 Å². The predicted molar refractivity (Wildman–Crippen MR) is 85.7 cm³/mol. The van der Waals surface area contributed by atoms with Crippen LogP contribution in [0.5, 0.6) is 0 Å². The maximum atomic E-state index is 12.4. The van der Waals surface area contributed by atoms with E-state index < -0.39 is 33.7 Å². The van der Waals surface area contributed by atoms with Gasteiger partial charge in [0.1, 0.15) is 0 Å². The number of ether oxygens (including phenoxy) is 4. The summed E-state index contributed by atoms with van der Waals surface area (Å²) in [6, 6.07) is 0. The molecule has 0 aliphatic rings. The van der Waals surface area contributed by atoms with Crippen molar-refractivity contribution in [1.29, 1.82) is 0 Å². The van der Waals surface area contributed by atoms with Crippen LogP contribution in [0.4, 0.5) is 9.59 Å². The van der Waals surface area contributed by atoms with E-state index in [1.165, 1.54) is 0 Å². The van der Waals surface area contributed by atoms with E-state index in [1.807, 2.05) is 13.8 Å². The first-order valence-corrected chi connectivity index (χ1v) is 9.20. The third kappa shape index (κ3) is 13.6. The van der Waals surface area contributed by atoms with Gasteiger partial charge in [0.05, 0.1) is 18.8 Å². The molecule has 148 valence electrons. The van der Waals surface area contributed by atoms with E-state index in [9.17, 15) is 14.2 Å². The van der Waals surface area contributed by atoms with Crippen molar-refractivity contribution in [3.63, 3.8) is 0 Å². The summed E-state index contributed by atoms with van der Waals surface area (Å²) in [7, 11) is -4.12. The lowest BCUT2D eigenvalue weighted by Crippen LogP contribution is -2.17. The average Bonchev–Trinajstić information content (AvgIpc) is 2.43. The van der Waals surface area contributed by atoms with Gasteiger partial charge in [0.25, 0.3) is 0 Å². The second-order valence-electron chi connectivity index (χ2n) is 5.75. The first kappa shape index (κ1) is 23.6. The zero-order valence-electron chi connectivity index (χ0n) is 15.4. The summed E-state index contributed by atoms with van der Waals surface area (Å²) in [6.45, 7) is 8.77. The molecule has 0 rings (SSSR count). The Labute approximate surface area is 147 Å². The Hall–Kier alpha value is -1.35. The normalized spacial score (nSPS) is 11.7. The Morgan fingerprint density at radius 3 is 1.48 bits per heavy atom. The van der Waals surface area contributed by atoms with Crippen molar-refractivity contribution in [2.75, 3.05) is 20.2 Å². The molecule has 10 nitrogen and oxygen atoms in total. The van der Waals surface area contributed by atoms with Gasteiger partial charge in [0.2, 0.25) is 13.6 Å². The molecule has 0 amide bonds. The summed E-state index contributed by atoms with van der Waals surface area (Å²) >= 11 is 0. The van der Waals surface area contributed by atoms with E-state index in [0.29, 0.717) is 0 Å². The van der Waals surface area contributed by atoms with Gasteiger partial charge in [-0.1, -0.05) is 13.8 Å². The quantitative estimate of drug-likeness (QED) is 0.294. The molecule has 0 aromatic rings. The fraction of sp³-hybridized carbons (Fsp3) is 0.857. The van der Waals surface area contributed by atoms with Gasteiger partial charge in [-0.05, 0) is 33.6 Å². The van der Waals surface area contributed by atoms with Gasteiger partial charge in [-0.3, -0.25) is 4.52 Å². The van der Waals surface area contributed by atoms with Gasteiger partial charge in [0, 0.05) is 0 Å². The third-order valence-corrected chi connectivity index (χ3v) is 3.31. The van der Waals surface area contributed by atoms with Crippen LogP contribution in [-0.2, 0) is 37.1 Å². The van der Waals surface area contributed by atoms with Crippen LogP contribution in [0.15, 0.2) is 0 Å².